The van der Waals surface area contributed by atoms with Crippen molar-refractivity contribution in [3.8, 4) is 0 Å². The van der Waals surface area contributed by atoms with Crippen LogP contribution in [0.3, 0.4) is 0 Å². The molecule has 0 bridgehead atoms. The second-order valence-corrected chi connectivity index (χ2v) is 8.90. The molecule has 0 radical (unpaired) electrons. The number of piperazine rings is 1. The Kier molecular flexibility index (Phi) is 5.58. The van der Waals surface area contributed by atoms with E-state index >= 15 is 4.39 Å². The fourth-order valence-corrected chi connectivity index (χ4v) is 5.00. The topological polar surface area (TPSA) is 97.0 Å². The van der Waals surface area contributed by atoms with Crippen molar-refractivity contribution in [2.75, 3.05) is 47.4 Å². The van der Waals surface area contributed by atoms with Gasteiger partial charge in [-0.1, -0.05) is 0 Å². The molecule has 3 aromatic rings. The maximum Gasteiger partial charge on any atom is 0.414 e. The number of carbonyl (C=O) groups is 1. The van der Waals surface area contributed by atoms with Crippen molar-refractivity contribution in [1.29, 1.82) is 0 Å². The van der Waals surface area contributed by atoms with Gasteiger partial charge in [0.25, 0.3) is 0 Å². The van der Waals surface area contributed by atoms with Gasteiger partial charge in [0.05, 0.1) is 40.7 Å². The van der Waals surface area contributed by atoms with Gasteiger partial charge in [-0.3, -0.25) is 15.0 Å². The van der Waals surface area contributed by atoms with Crippen molar-refractivity contribution in [1.82, 2.24) is 9.55 Å². The summed E-state index contributed by atoms with van der Waals surface area (Å²) in [5.74, 6) is -0.404. The SMILES string of the molecule is O=C1O[C@H](Cn2ccnc2)CN1c1ccc(N2CCN(c3ccc([N+](=O)[O-])s3)CC2)c(F)c1. The van der Waals surface area contributed by atoms with Gasteiger partial charge in [0, 0.05) is 44.6 Å². The highest BCUT2D eigenvalue weighted by Gasteiger charge is 2.33. The molecule has 2 saturated heterocycles. The number of hydrogen-bond donors (Lipinski definition) is 0. The first kappa shape index (κ1) is 21.2. The summed E-state index contributed by atoms with van der Waals surface area (Å²) in [6, 6.07) is 8.05. The van der Waals surface area contributed by atoms with Crippen molar-refractivity contribution < 1.29 is 18.8 Å². The van der Waals surface area contributed by atoms with Crippen LogP contribution in [0.15, 0.2) is 49.1 Å². The predicted molar refractivity (Wildman–Crippen MR) is 122 cm³/mol. The molecule has 2 aliphatic heterocycles. The highest BCUT2D eigenvalue weighted by Crippen LogP contribution is 2.33. The number of anilines is 3. The van der Waals surface area contributed by atoms with E-state index in [1.165, 1.54) is 17.0 Å². The molecule has 0 saturated carbocycles. The van der Waals surface area contributed by atoms with Crippen LogP contribution in [0.2, 0.25) is 0 Å². The lowest BCUT2D eigenvalue weighted by atomic mass is 10.2. The quantitative estimate of drug-likeness (QED) is 0.401. The molecule has 0 spiro atoms. The van der Waals surface area contributed by atoms with Crippen LogP contribution in [0.5, 0.6) is 0 Å². The second-order valence-electron chi connectivity index (χ2n) is 7.85. The molecule has 2 fully saturated rings. The molecule has 1 aromatic carbocycles. The fraction of sp³-hybridized carbons (Fsp3) is 0.333. The molecule has 0 unspecified atom stereocenters. The molecule has 1 amide bonds. The summed E-state index contributed by atoms with van der Waals surface area (Å²) in [4.78, 5) is 32.3. The first-order chi connectivity index (χ1) is 16.0. The summed E-state index contributed by atoms with van der Waals surface area (Å²) in [7, 11) is 0. The molecule has 172 valence electrons. The molecule has 12 heteroatoms. The maximum absolute atomic E-state index is 15.0. The minimum absolute atomic E-state index is 0.113. The Balaban J connectivity index is 1.22. The van der Waals surface area contributed by atoms with E-state index in [-0.39, 0.29) is 11.1 Å². The van der Waals surface area contributed by atoms with Crippen LogP contribution in [0, 0.1) is 15.9 Å². The number of ether oxygens (including phenoxy) is 1. The number of nitro groups is 1. The fourth-order valence-electron chi connectivity index (χ4n) is 4.13. The van der Waals surface area contributed by atoms with Crippen LogP contribution in [0.4, 0.5) is 30.6 Å². The zero-order valence-electron chi connectivity index (χ0n) is 17.5. The summed E-state index contributed by atoms with van der Waals surface area (Å²) >= 11 is 1.14. The van der Waals surface area contributed by atoms with E-state index in [1.54, 1.807) is 36.9 Å². The standard InChI is InChI=1S/C21H21FN6O4S/c22-17-11-15(27-13-16(32-21(27)29)12-24-6-5-23-14-24)1-2-18(17)25-7-9-26(10-8-25)19-3-4-20(33-19)28(30)31/h1-6,11,14,16H,7-10,12-13H2/t16-/m1/s1. The smallest absolute Gasteiger partial charge is 0.414 e. The van der Waals surface area contributed by atoms with Gasteiger partial charge in [-0.2, -0.15) is 0 Å². The average molecular weight is 473 g/mol. The molecule has 5 rings (SSSR count). The first-order valence-electron chi connectivity index (χ1n) is 10.5. The van der Waals surface area contributed by atoms with Gasteiger partial charge in [-0.25, -0.2) is 14.2 Å². The van der Waals surface area contributed by atoms with Crippen LogP contribution in [-0.4, -0.2) is 59.4 Å². The van der Waals surface area contributed by atoms with Crippen molar-refractivity contribution in [3.05, 3.63) is 65.0 Å². The van der Waals surface area contributed by atoms with Gasteiger partial charge in [-0.15, -0.1) is 0 Å². The number of carbonyl (C=O) groups excluding carboxylic acids is 1. The molecule has 0 aliphatic carbocycles. The van der Waals surface area contributed by atoms with Crippen LogP contribution >= 0.6 is 11.3 Å². The van der Waals surface area contributed by atoms with Crippen LogP contribution < -0.4 is 14.7 Å². The Morgan fingerprint density at radius 2 is 1.97 bits per heavy atom. The zero-order chi connectivity index (χ0) is 22.9. The molecular weight excluding hydrogens is 451 g/mol. The summed E-state index contributed by atoms with van der Waals surface area (Å²) in [6.45, 7) is 3.25. The first-order valence-corrected chi connectivity index (χ1v) is 11.3. The minimum atomic E-state index is -0.495. The lowest BCUT2D eigenvalue weighted by molar-refractivity contribution is -0.380. The number of imidazole rings is 1. The van der Waals surface area contributed by atoms with Gasteiger partial charge in [-0.05, 0) is 35.6 Å². The summed E-state index contributed by atoms with van der Waals surface area (Å²) in [5, 5.41) is 11.9. The molecule has 10 nitrogen and oxygen atoms in total. The van der Waals surface area contributed by atoms with Gasteiger partial charge < -0.3 is 19.1 Å². The lowest BCUT2D eigenvalue weighted by Gasteiger charge is -2.36. The molecule has 0 N–H and O–H groups in total. The monoisotopic (exact) mass is 472 g/mol. The number of halogens is 1. The number of thiophene rings is 1. The third-order valence-electron chi connectivity index (χ3n) is 5.78. The Morgan fingerprint density at radius 1 is 1.18 bits per heavy atom. The van der Waals surface area contributed by atoms with Crippen molar-refractivity contribution in [2.24, 2.45) is 0 Å². The third kappa shape index (κ3) is 4.33. The Bertz CT molecular complexity index is 1160. The second kappa shape index (κ2) is 8.70. The number of cyclic esters (lactones) is 1. The van der Waals surface area contributed by atoms with E-state index < -0.39 is 16.8 Å². The summed E-state index contributed by atoms with van der Waals surface area (Å²) in [6.07, 6.45) is 4.28. The number of aromatic nitrogens is 2. The largest absolute Gasteiger partial charge is 0.442 e. The molecule has 2 aliphatic rings. The number of nitrogens with zero attached hydrogens (tertiary/aromatic N) is 6. The van der Waals surface area contributed by atoms with E-state index in [0.717, 1.165) is 16.3 Å². The van der Waals surface area contributed by atoms with E-state index in [1.807, 2.05) is 9.47 Å². The number of hydrogen-bond acceptors (Lipinski definition) is 8. The Hall–Kier alpha value is -3.67. The summed E-state index contributed by atoms with van der Waals surface area (Å²) < 4.78 is 22.3. The van der Waals surface area contributed by atoms with E-state index in [0.29, 0.717) is 50.6 Å². The van der Waals surface area contributed by atoms with Gasteiger partial charge in [0.1, 0.15) is 11.9 Å². The highest BCUT2D eigenvalue weighted by atomic mass is 32.1. The number of benzene rings is 1. The average Bonchev–Trinajstić information content (AvgIpc) is 3.56. The van der Waals surface area contributed by atoms with E-state index in [2.05, 4.69) is 9.88 Å². The van der Waals surface area contributed by atoms with Gasteiger partial charge in [0.2, 0.25) is 0 Å². The maximum atomic E-state index is 15.0. The minimum Gasteiger partial charge on any atom is -0.442 e. The predicted octanol–water partition coefficient (Wildman–Crippen LogP) is 3.34. The molecule has 2 aromatic heterocycles. The van der Waals surface area contributed by atoms with Crippen LogP contribution in [0.1, 0.15) is 0 Å². The lowest BCUT2D eigenvalue weighted by Crippen LogP contribution is -2.46. The van der Waals surface area contributed by atoms with Gasteiger partial charge in [0.15, 0.2) is 0 Å². The van der Waals surface area contributed by atoms with Crippen molar-refractivity contribution >= 4 is 38.8 Å². The Labute approximate surface area is 192 Å². The van der Waals surface area contributed by atoms with E-state index in [9.17, 15) is 14.9 Å². The Morgan fingerprint density at radius 3 is 2.64 bits per heavy atom. The van der Waals surface area contributed by atoms with Crippen LogP contribution in [-0.2, 0) is 11.3 Å². The van der Waals surface area contributed by atoms with Crippen molar-refractivity contribution in [2.45, 2.75) is 12.6 Å². The van der Waals surface area contributed by atoms with Gasteiger partial charge >= 0.3 is 11.1 Å². The highest BCUT2D eigenvalue weighted by molar-refractivity contribution is 7.19. The number of rotatable bonds is 6. The van der Waals surface area contributed by atoms with Crippen LogP contribution in [0.25, 0.3) is 0 Å². The molecule has 33 heavy (non-hydrogen) atoms. The molecule has 4 heterocycles. The molecular formula is C21H21FN6O4S. The van der Waals surface area contributed by atoms with Crippen molar-refractivity contribution in [3.63, 3.8) is 0 Å². The summed E-state index contributed by atoms with van der Waals surface area (Å²) in [5.41, 5.74) is 0.928. The molecule has 1 atom stereocenters. The third-order valence-corrected chi connectivity index (χ3v) is 6.88. The normalized spacial score (nSPS) is 18.6. The zero-order valence-corrected chi connectivity index (χ0v) is 18.4. The number of amides is 1. The van der Waals surface area contributed by atoms with E-state index in [4.69, 9.17) is 4.74 Å².